The van der Waals surface area contributed by atoms with Crippen LogP contribution in [-0.2, 0) is 13.2 Å². The summed E-state index contributed by atoms with van der Waals surface area (Å²) in [6, 6.07) is 13.4. The van der Waals surface area contributed by atoms with Gasteiger partial charge < -0.3 is 20.1 Å². The number of rotatable bonds is 4. The van der Waals surface area contributed by atoms with E-state index in [0.29, 0.717) is 25.6 Å². The number of para-hydroxylation sites is 1. The fourth-order valence-electron chi connectivity index (χ4n) is 3.17. The number of urea groups is 1. The van der Waals surface area contributed by atoms with Crippen LogP contribution in [0.4, 0.5) is 10.5 Å². The van der Waals surface area contributed by atoms with Crippen LogP contribution in [-0.4, -0.2) is 29.2 Å². The summed E-state index contributed by atoms with van der Waals surface area (Å²) in [6.07, 6.45) is 1.02. The number of benzene rings is 2. The first-order chi connectivity index (χ1) is 12.6. The van der Waals surface area contributed by atoms with Gasteiger partial charge in [0.25, 0.3) is 0 Å². The van der Waals surface area contributed by atoms with Gasteiger partial charge in [-0.15, -0.1) is 0 Å². The molecular formula is C21H26N2O3. The largest absolute Gasteiger partial charge is 0.491 e. The first-order valence-electron chi connectivity index (χ1n) is 9.12. The van der Waals surface area contributed by atoms with Crippen molar-refractivity contribution < 1.29 is 14.6 Å². The number of amides is 2. The Hall–Kier alpha value is -2.53. The Morgan fingerprint density at radius 1 is 1.31 bits per heavy atom. The Bertz CT molecular complexity index is 776. The number of hydrogen-bond acceptors (Lipinski definition) is 3. The van der Waals surface area contributed by atoms with Gasteiger partial charge in [0.15, 0.2) is 0 Å². The van der Waals surface area contributed by atoms with E-state index in [1.807, 2.05) is 36.4 Å². The van der Waals surface area contributed by atoms with Crippen molar-refractivity contribution in [3.05, 3.63) is 59.2 Å². The normalized spacial score (nSPS) is 14.8. The third-order valence-corrected chi connectivity index (χ3v) is 4.92. The van der Waals surface area contributed by atoms with Crippen LogP contribution in [0.15, 0.2) is 42.5 Å². The van der Waals surface area contributed by atoms with E-state index in [4.69, 9.17) is 4.74 Å². The summed E-state index contributed by atoms with van der Waals surface area (Å²) >= 11 is 0. The maximum absolute atomic E-state index is 12.9. The zero-order chi connectivity index (χ0) is 18.5. The molecule has 5 heteroatoms. The second kappa shape index (κ2) is 8.23. The predicted octanol–water partition coefficient (Wildman–Crippen LogP) is 4.12. The molecule has 1 atom stereocenters. The summed E-state index contributed by atoms with van der Waals surface area (Å²) in [7, 11) is 0. The quantitative estimate of drug-likeness (QED) is 0.868. The van der Waals surface area contributed by atoms with Crippen molar-refractivity contribution in [1.29, 1.82) is 0 Å². The average molecular weight is 354 g/mol. The number of nitrogens with one attached hydrogen (secondary N) is 1. The molecule has 1 aliphatic heterocycles. The summed E-state index contributed by atoms with van der Waals surface area (Å²) in [5.74, 6) is 1.16. The Morgan fingerprint density at radius 2 is 2.12 bits per heavy atom. The summed E-state index contributed by atoms with van der Waals surface area (Å²) < 4.78 is 5.75. The lowest BCUT2D eigenvalue weighted by molar-refractivity contribution is 0.200. The zero-order valence-electron chi connectivity index (χ0n) is 15.4. The molecule has 0 aromatic heterocycles. The molecule has 0 saturated carbocycles. The van der Waals surface area contributed by atoms with Crippen LogP contribution >= 0.6 is 0 Å². The highest BCUT2D eigenvalue weighted by molar-refractivity contribution is 5.90. The summed E-state index contributed by atoms with van der Waals surface area (Å²) in [4.78, 5) is 14.6. The van der Waals surface area contributed by atoms with E-state index in [-0.39, 0.29) is 12.6 Å². The van der Waals surface area contributed by atoms with Gasteiger partial charge >= 0.3 is 6.03 Å². The van der Waals surface area contributed by atoms with Gasteiger partial charge in [-0.1, -0.05) is 38.1 Å². The highest BCUT2D eigenvalue weighted by atomic mass is 16.5. The molecule has 5 nitrogen and oxygen atoms in total. The Morgan fingerprint density at radius 3 is 2.88 bits per heavy atom. The third kappa shape index (κ3) is 3.99. The molecule has 0 radical (unpaired) electrons. The second-order valence-corrected chi connectivity index (χ2v) is 6.70. The monoisotopic (exact) mass is 354 g/mol. The summed E-state index contributed by atoms with van der Waals surface area (Å²) in [5.41, 5.74) is 3.75. The van der Waals surface area contributed by atoms with Crippen LogP contribution in [0.25, 0.3) is 0 Å². The number of anilines is 1. The van der Waals surface area contributed by atoms with Gasteiger partial charge in [-0.25, -0.2) is 4.79 Å². The molecule has 138 valence electrons. The molecule has 0 saturated heterocycles. The molecule has 0 fully saturated rings. The van der Waals surface area contributed by atoms with Crippen molar-refractivity contribution in [1.82, 2.24) is 4.90 Å². The fourth-order valence-corrected chi connectivity index (χ4v) is 3.17. The third-order valence-electron chi connectivity index (χ3n) is 4.92. The van der Waals surface area contributed by atoms with E-state index in [9.17, 15) is 9.90 Å². The van der Waals surface area contributed by atoms with Gasteiger partial charge in [-0.3, -0.25) is 0 Å². The van der Waals surface area contributed by atoms with Crippen LogP contribution in [0.2, 0.25) is 0 Å². The number of nitrogens with zero attached hydrogens (tertiary/aromatic N) is 1. The molecule has 2 amide bonds. The van der Waals surface area contributed by atoms with E-state index in [1.165, 1.54) is 0 Å². The SMILES string of the molecule is CC[C@@H](C)c1ccccc1NC(=O)N1CCOc2ccc(CO)cc2C1. The van der Waals surface area contributed by atoms with E-state index in [0.717, 1.165) is 34.5 Å². The van der Waals surface area contributed by atoms with Crippen molar-refractivity contribution in [3.63, 3.8) is 0 Å². The summed E-state index contributed by atoms with van der Waals surface area (Å²) in [6.45, 7) is 5.71. The highest BCUT2D eigenvalue weighted by Crippen LogP contribution is 2.28. The lowest BCUT2D eigenvalue weighted by atomic mass is 9.97. The Balaban J connectivity index is 1.78. The lowest BCUT2D eigenvalue weighted by Gasteiger charge is -2.22. The number of hydrogen-bond donors (Lipinski definition) is 2. The van der Waals surface area contributed by atoms with Crippen molar-refractivity contribution in [3.8, 4) is 5.75 Å². The van der Waals surface area contributed by atoms with E-state index in [1.54, 1.807) is 4.90 Å². The highest BCUT2D eigenvalue weighted by Gasteiger charge is 2.21. The molecule has 1 heterocycles. The first-order valence-corrected chi connectivity index (χ1v) is 9.12. The van der Waals surface area contributed by atoms with Gasteiger partial charge in [0.05, 0.1) is 19.7 Å². The smallest absolute Gasteiger partial charge is 0.322 e. The molecule has 0 spiro atoms. The minimum atomic E-state index is -0.133. The van der Waals surface area contributed by atoms with Crippen LogP contribution in [0.1, 0.15) is 42.9 Å². The number of fused-ring (bicyclic) bond motifs is 1. The van der Waals surface area contributed by atoms with Crippen LogP contribution in [0, 0.1) is 0 Å². The van der Waals surface area contributed by atoms with Gasteiger partial charge in [0.1, 0.15) is 12.4 Å². The molecule has 26 heavy (non-hydrogen) atoms. The Labute approximate surface area is 154 Å². The number of carbonyl (C=O) groups excluding carboxylic acids is 1. The Kier molecular flexibility index (Phi) is 5.78. The second-order valence-electron chi connectivity index (χ2n) is 6.70. The molecule has 0 aliphatic carbocycles. The average Bonchev–Trinajstić information content (AvgIpc) is 2.89. The number of aliphatic hydroxyl groups is 1. The first kappa shape index (κ1) is 18.3. The van der Waals surface area contributed by atoms with Crippen molar-refractivity contribution in [2.45, 2.75) is 39.3 Å². The van der Waals surface area contributed by atoms with Crippen molar-refractivity contribution in [2.24, 2.45) is 0 Å². The maximum Gasteiger partial charge on any atom is 0.322 e. The van der Waals surface area contributed by atoms with Crippen molar-refractivity contribution >= 4 is 11.7 Å². The molecule has 2 aromatic carbocycles. The fraction of sp³-hybridized carbons (Fsp3) is 0.381. The van der Waals surface area contributed by atoms with Gasteiger partial charge in [-0.05, 0) is 41.7 Å². The lowest BCUT2D eigenvalue weighted by Crippen LogP contribution is -2.36. The van der Waals surface area contributed by atoms with E-state index < -0.39 is 0 Å². The topological polar surface area (TPSA) is 61.8 Å². The minimum absolute atomic E-state index is 0.0260. The predicted molar refractivity (Wildman–Crippen MR) is 102 cm³/mol. The zero-order valence-corrected chi connectivity index (χ0v) is 15.4. The number of ether oxygens (including phenoxy) is 1. The maximum atomic E-state index is 12.9. The van der Waals surface area contributed by atoms with Gasteiger partial charge in [0, 0.05) is 11.3 Å². The van der Waals surface area contributed by atoms with E-state index >= 15 is 0 Å². The summed E-state index contributed by atoms with van der Waals surface area (Å²) in [5, 5.41) is 12.4. The molecule has 2 N–H and O–H groups in total. The molecule has 0 bridgehead atoms. The number of carbonyl (C=O) groups is 1. The minimum Gasteiger partial charge on any atom is -0.491 e. The number of aliphatic hydroxyl groups excluding tert-OH is 1. The van der Waals surface area contributed by atoms with Crippen molar-refractivity contribution in [2.75, 3.05) is 18.5 Å². The van der Waals surface area contributed by atoms with Crippen LogP contribution in [0.5, 0.6) is 5.75 Å². The van der Waals surface area contributed by atoms with E-state index in [2.05, 4.69) is 25.2 Å². The molecule has 3 rings (SSSR count). The van der Waals surface area contributed by atoms with Gasteiger partial charge in [0.2, 0.25) is 0 Å². The molecule has 0 unspecified atom stereocenters. The molecular weight excluding hydrogens is 328 g/mol. The molecule has 1 aliphatic rings. The van der Waals surface area contributed by atoms with Gasteiger partial charge in [-0.2, -0.15) is 0 Å². The molecule has 2 aromatic rings. The van der Waals surface area contributed by atoms with Crippen LogP contribution in [0.3, 0.4) is 0 Å². The van der Waals surface area contributed by atoms with Crippen LogP contribution < -0.4 is 10.1 Å². The standard InChI is InChI=1S/C21H26N2O3/c1-3-15(2)18-6-4-5-7-19(18)22-21(25)23-10-11-26-20-9-8-16(14-24)12-17(20)13-23/h4-9,12,15,24H,3,10-11,13-14H2,1-2H3,(H,22,25)/t15-/m1/s1.